The fourth-order valence-electron chi connectivity index (χ4n) is 4.44. The molecule has 0 bridgehead atoms. The van der Waals surface area contributed by atoms with Gasteiger partial charge in [-0.2, -0.15) is 10.1 Å². The lowest BCUT2D eigenvalue weighted by atomic mass is 9.93. The number of nitrogens with zero attached hydrogens (tertiary/aromatic N) is 4. The molecule has 1 aliphatic heterocycles. The molecule has 5 N–H and O–H groups in total. The van der Waals surface area contributed by atoms with Crippen LogP contribution in [0.2, 0.25) is 0 Å². The second-order valence-corrected chi connectivity index (χ2v) is 8.75. The standard InChI is InChI=1S/C29H26N6O3/c1-38-24-15-18(14-22-16-32-29(31)34-28(22)30)13-20(27(24)37)11-12-25(36)35-26(19-7-3-2-4-8-19)23-10-6-5-9-21(23)17-33-35/h2-13,15-17,26,37H,14H2,1H3,(H4,30,31,32,34)/b12-11+. The molecule has 9 nitrogen and oxygen atoms in total. The van der Waals surface area contributed by atoms with E-state index in [0.29, 0.717) is 17.5 Å². The van der Waals surface area contributed by atoms with Crippen LogP contribution in [0.15, 0.2) is 84.1 Å². The first kappa shape index (κ1) is 24.5. The van der Waals surface area contributed by atoms with Gasteiger partial charge in [-0.3, -0.25) is 4.79 Å². The van der Waals surface area contributed by atoms with Crippen LogP contribution >= 0.6 is 0 Å². The number of hydrogen-bond acceptors (Lipinski definition) is 8. The molecule has 3 aromatic carbocycles. The second kappa shape index (κ2) is 10.4. The van der Waals surface area contributed by atoms with Crippen LogP contribution in [0.4, 0.5) is 11.8 Å². The lowest BCUT2D eigenvalue weighted by molar-refractivity contribution is -0.127. The summed E-state index contributed by atoms with van der Waals surface area (Å²) in [4.78, 5) is 21.5. The predicted molar refractivity (Wildman–Crippen MR) is 147 cm³/mol. The van der Waals surface area contributed by atoms with Gasteiger partial charge in [-0.25, -0.2) is 9.99 Å². The molecule has 1 amide bonds. The number of rotatable bonds is 6. The fourth-order valence-corrected chi connectivity index (χ4v) is 4.44. The highest BCUT2D eigenvalue weighted by atomic mass is 16.5. The zero-order chi connectivity index (χ0) is 26.6. The van der Waals surface area contributed by atoms with Crippen molar-refractivity contribution in [2.75, 3.05) is 18.6 Å². The summed E-state index contributed by atoms with van der Waals surface area (Å²) in [5, 5.41) is 16.7. The van der Waals surface area contributed by atoms with Gasteiger partial charge in [0.05, 0.1) is 13.3 Å². The molecule has 1 aliphatic rings. The first-order chi connectivity index (χ1) is 18.4. The van der Waals surface area contributed by atoms with Crippen LogP contribution in [0.25, 0.3) is 6.08 Å². The first-order valence-corrected chi connectivity index (χ1v) is 11.9. The van der Waals surface area contributed by atoms with E-state index in [-0.39, 0.29) is 29.2 Å². The Morgan fingerprint density at radius 2 is 1.87 bits per heavy atom. The lowest BCUT2D eigenvalue weighted by Gasteiger charge is -2.31. The van der Waals surface area contributed by atoms with E-state index in [1.165, 1.54) is 18.2 Å². The number of methoxy groups -OCH3 is 1. The molecular weight excluding hydrogens is 480 g/mol. The molecule has 0 saturated heterocycles. The van der Waals surface area contributed by atoms with Crippen molar-refractivity contribution in [3.63, 3.8) is 0 Å². The molecule has 1 atom stereocenters. The van der Waals surface area contributed by atoms with Crippen molar-refractivity contribution in [2.45, 2.75) is 12.5 Å². The van der Waals surface area contributed by atoms with Crippen LogP contribution < -0.4 is 16.2 Å². The zero-order valence-electron chi connectivity index (χ0n) is 20.7. The maximum Gasteiger partial charge on any atom is 0.267 e. The van der Waals surface area contributed by atoms with Crippen LogP contribution in [0.3, 0.4) is 0 Å². The van der Waals surface area contributed by atoms with E-state index < -0.39 is 6.04 Å². The van der Waals surface area contributed by atoms with E-state index in [9.17, 15) is 9.90 Å². The summed E-state index contributed by atoms with van der Waals surface area (Å²) in [7, 11) is 1.46. The van der Waals surface area contributed by atoms with E-state index in [2.05, 4.69) is 15.1 Å². The van der Waals surface area contributed by atoms with Crippen molar-refractivity contribution in [1.82, 2.24) is 15.0 Å². The fraction of sp³-hybridized carbons (Fsp3) is 0.103. The number of anilines is 2. The Hall–Kier alpha value is -5.18. The minimum atomic E-state index is -0.391. The Kier molecular flexibility index (Phi) is 6.73. The van der Waals surface area contributed by atoms with Gasteiger partial charge in [0, 0.05) is 35.4 Å². The number of carbonyl (C=O) groups is 1. The summed E-state index contributed by atoms with van der Waals surface area (Å²) < 4.78 is 5.37. The molecule has 0 radical (unpaired) electrons. The van der Waals surface area contributed by atoms with Crippen molar-refractivity contribution >= 4 is 30.0 Å². The molecule has 5 rings (SSSR count). The van der Waals surface area contributed by atoms with E-state index in [0.717, 1.165) is 22.3 Å². The second-order valence-electron chi connectivity index (χ2n) is 8.75. The SMILES string of the molecule is COc1cc(Cc2cnc(N)nc2N)cc(/C=C/C(=O)N2N=Cc3ccccc3C2c2ccccc2)c1O. The van der Waals surface area contributed by atoms with Gasteiger partial charge in [0.1, 0.15) is 11.9 Å². The Morgan fingerprint density at radius 1 is 1.11 bits per heavy atom. The van der Waals surface area contributed by atoms with Crippen molar-refractivity contribution < 1.29 is 14.6 Å². The molecule has 1 aromatic heterocycles. The van der Waals surface area contributed by atoms with Crippen LogP contribution in [0, 0.1) is 0 Å². The average Bonchev–Trinajstić information content (AvgIpc) is 2.94. The maximum atomic E-state index is 13.5. The Labute approximate surface area is 219 Å². The minimum Gasteiger partial charge on any atom is -0.504 e. The number of phenols is 1. The number of hydrogen-bond donors (Lipinski definition) is 3. The van der Waals surface area contributed by atoms with Gasteiger partial charge < -0.3 is 21.3 Å². The van der Waals surface area contributed by atoms with Gasteiger partial charge in [0.2, 0.25) is 5.95 Å². The largest absolute Gasteiger partial charge is 0.504 e. The van der Waals surface area contributed by atoms with Gasteiger partial charge in [0.15, 0.2) is 11.5 Å². The number of amides is 1. The molecule has 0 saturated carbocycles. The highest BCUT2D eigenvalue weighted by molar-refractivity contribution is 5.95. The third-order valence-corrected chi connectivity index (χ3v) is 6.30. The number of nitrogen functional groups attached to an aromatic ring is 2. The number of aromatic nitrogens is 2. The third kappa shape index (κ3) is 4.90. The molecule has 0 spiro atoms. The van der Waals surface area contributed by atoms with Gasteiger partial charge in [0.25, 0.3) is 5.91 Å². The molecule has 0 aliphatic carbocycles. The van der Waals surface area contributed by atoms with Crippen molar-refractivity contribution in [1.29, 1.82) is 0 Å². The minimum absolute atomic E-state index is 0.0890. The number of ether oxygens (including phenoxy) is 1. The molecule has 190 valence electrons. The van der Waals surface area contributed by atoms with E-state index in [1.54, 1.807) is 30.6 Å². The monoisotopic (exact) mass is 506 g/mol. The predicted octanol–water partition coefficient (Wildman–Crippen LogP) is 3.92. The molecule has 2 heterocycles. The van der Waals surface area contributed by atoms with Crippen molar-refractivity contribution in [3.05, 3.63) is 112 Å². The quantitative estimate of drug-likeness (QED) is 0.337. The number of phenolic OH excluding ortho intramolecular Hbond substituents is 1. The molecule has 4 aromatic rings. The summed E-state index contributed by atoms with van der Waals surface area (Å²) in [6, 6.07) is 20.7. The lowest BCUT2D eigenvalue weighted by Crippen LogP contribution is -2.33. The summed E-state index contributed by atoms with van der Waals surface area (Å²) in [6.07, 6.45) is 6.55. The number of carbonyl (C=O) groups excluding carboxylic acids is 1. The highest BCUT2D eigenvalue weighted by Gasteiger charge is 2.29. The van der Waals surface area contributed by atoms with Crippen LogP contribution in [-0.2, 0) is 11.2 Å². The van der Waals surface area contributed by atoms with Gasteiger partial charge in [-0.05, 0) is 34.9 Å². The van der Waals surface area contributed by atoms with Crippen molar-refractivity contribution in [2.24, 2.45) is 5.10 Å². The summed E-state index contributed by atoms with van der Waals surface area (Å²) >= 11 is 0. The van der Waals surface area contributed by atoms with Crippen LogP contribution in [-0.4, -0.2) is 39.3 Å². The van der Waals surface area contributed by atoms with Crippen LogP contribution in [0.5, 0.6) is 11.5 Å². The van der Waals surface area contributed by atoms with Crippen molar-refractivity contribution in [3.8, 4) is 11.5 Å². The molecule has 0 fully saturated rings. The third-order valence-electron chi connectivity index (χ3n) is 6.30. The van der Waals surface area contributed by atoms with Crippen LogP contribution in [0.1, 0.15) is 39.4 Å². The average molecular weight is 507 g/mol. The van der Waals surface area contributed by atoms with Gasteiger partial charge in [-0.15, -0.1) is 0 Å². The summed E-state index contributed by atoms with van der Waals surface area (Å²) in [5.41, 5.74) is 16.3. The number of benzene rings is 3. The first-order valence-electron chi connectivity index (χ1n) is 11.9. The molecule has 38 heavy (non-hydrogen) atoms. The summed E-state index contributed by atoms with van der Waals surface area (Å²) in [5.74, 6) is 0.190. The Morgan fingerprint density at radius 3 is 2.63 bits per heavy atom. The molecule has 9 heteroatoms. The van der Waals surface area contributed by atoms with E-state index >= 15 is 0 Å². The number of nitrogens with two attached hydrogens (primary N) is 2. The van der Waals surface area contributed by atoms with E-state index in [1.807, 2.05) is 54.6 Å². The Balaban J connectivity index is 1.46. The number of hydrazone groups is 1. The highest BCUT2D eigenvalue weighted by Crippen LogP contribution is 2.35. The molecule has 1 unspecified atom stereocenters. The normalized spacial score (nSPS) is 14.4. The molecular formula is C29H26N6O3. The van der Waals surface area contributed by atoms with Gasteiger partial charge in [-0.1, -0.05) is 54.6 Å². The topological polar surface area (TPSA) is 140 Å². The number of aromatic hydroxyl groups is 1. The number of fused-ring (bicyclic) bond motifs is 1. The van der Waals surface area contributed by atoms with E-state index in [4.69, 9.17) is 16.2 Å². The smallest absolute Gasteiger partial charge is 0.267 e. The van der Waals surface area contributed by atoms with Gasteiger partial charge >= 0.3 is 0 Å². The zero-order valence-corrected chi connectivity index (χ0v) is 20.7. The summed E-state index contributed by atoms with van der Waals surface area (Å²) in [6.45, 7) is 0. The maximum absolute atomic E-state index is 13.5. The Bertz CT molecular complexity index is 1550.